The second-order valence-corrected chi connectivity index (χ2v) is 6.04. The van der Waals surface area contributed by atoms with E-state index in [1.54, 1.807) is 20.2 Å². The van der Waals surface area contributed by atoms with E-state index in [2.05, 4.69) is 10.3 Å². The number of halogens is 1. The summed E-state index contributed by atoms with van der Waals surface area (Å²) in [6.45, 7) is 2.23. The number of likely N-dealkylation sites (N-methyl/N-ethyl adjacent to an activating group) is 1. The first-order chi connectivity index (χ1) is 11.9. The first kappa shape index (κ1) is 18.7. The van der Waals surface area contributed by atoms with Crippen LogP contribution in [0.25, 0.3) is 0 Å². The van der Waals surface area contributed by atoms with Crippen LogP contribution in [-0.4, -0.2) is 42.4 Å². The van der Waals surface area contributed by atoms with Gasteiger partial charge in [0, 0.05) is 30.4 Å². The van der Waals surface area contributed by atoms with Crippen molar-refractivity contribution in [1.82, 2.24) is 15.2 Å². The van der Waals surface area contributed by atoms with Crippen molar-refractivity contribution in [3.8, 4) is 5.75 Å². The first-order valence-corrected chi connectivity index (χ1v) is 8.05. The lowest BCUT2D eigenvalue weighted by Gasteiger charge is -2.19. The van der Waals surface area contributed by atoms with E-state index < -0.39 is 5.91 Å². The number of methoxy groups -OCH3 is 1. The number of hydrogen-bond donors (Lipinski definition) is 1. The third kappa shape index (κ3) is 5.19. The second kappa shape index (κ2) is 8.48. The molecule has 0 aliphatic carbocycles. The molecule has 25 heavy (non-hydrogen) atoms. The maximum atomic E-state index is 12.3. The quantitative estimate of drug-likeness (QED) is 0.857. The van der Waals surface area contributed by atoms with Gasteiger partial charge < -0.3 is 15.0 Å². The van der Waals surface area contributed by atoms with E-state index in [9.17, 15) is 9.59 Å². The van der Waals surface area contributed by atoms with Gasteiger partial charge in [0.15, 0.2) is 0 Å². The molecule has 0 aliphatic rings. The molecule has 2 aromatic rings. The molecule has 2 amide bonds. The largest absolute Gasteiger partial charge is 0.496 e. The zero-order valence-corrected chi connectivity index (χ0v) is 15.1. The summed E-state index contributed by atoms with van der Waals surface area (Å²) in [5, 5.41) is 2.96. The van der Waals surface area contributed by atoms with E-state index in [0.717, 1.165) is 16.9 Å². The Kier molecular flexibility index (Phi) is 6.36. The minimum atomic E-state index is -0.447. The first-order valence-electron chi connectivity index (χ1n) is 7.68. The third-order valence-electron chi connectivity index (χ3n) is 3.62. The van der Waals surface area contributed by atoms with Crippen molar-refractivity contribution >= 4 is 23.4 Å². The maximum absolute atomic E-state index is 12.3. The van der Waals surface area contributed by atoms with Crippen LogP contribution in [0.15, 0.2) is 36.5 Å². The zero-order chi connectivity index (χ0) is 18.4. The highest BCUT2D eigenvalue weighted by Crippen LogP contribution is 2.21. The van der Waals surface area contributed by atoms with Crippen molar-refractivity contribution < 1.29 is 14.3 Å². The Morgan fingerprint density at radius 2 is 2.04 bits per heavy atom. The Labute approximate surface area is 151 Å². The number of benzene rings is 1. The van der Waals surface area contributed by atoms with Gasteiger partial charge in [-0.15, -0.1) is 0 Å². The van der Waals surface area contributed by atoms with Crippen LogP contribution in [0.2, 0.25) is 5.02 Å². The molecular weight excluding hydrogens is 342 g/mol. The normalized spacial score (nSPS) is 10.2. The molecule has 132 valence electrons. The Morgan fingerprint density at radius 3 is 2.72 bits per heavy atom. The number of ether oxygens (including phenoxy) is 1. The third-order valence-corrected chi connectivity index (χ3v) is 3.86. The predicted molar refractivity (Wildman–Crippen MR) is 95.8 cm³/mol. The molecule has 2 rings (SSSR count). The molecule has 1 aromatic carbocycles. The summed E-state index contributed by atoms with van der Waals surface area (Å²) >= 11 is 5.83. The molecule has 0 saturated heterocycles. The van der Waals surface area contributed by atoms with Gasteiger partial charge >= 0.3 is 0 Å². The van der Waals surface area contributed by atoms with E-state index in [4.69, 9.17) is 16.3 Å². The fraction of sp³-hybridized carbons (Fsp3) is 0.278. The van der Waals surface area contributed by atoms with Crippen LogP contribution >= 0.6 is 11.6 Å². The summed E-state index contributed by atoms with van der Waals surface area (Å²) in [4.78, 5) is 29.7. The highest BCUT2D eigenvalue weighted by molar-refractivity contribution is 6.30. The minimum absolute atomic E-state index is 0.127. The lowest BCUT2D eigenvalue weighted by molar-refractivity contribution is -0.129. The van der Waals surface area contributed by atoms with Crippen LogP contribution in [0.4, 0.5) is 0 Å². The molecule has 0 saturated carbocycles. The number of pyridine rings is 1. The van der Waals surface area contributed by atoms with Gasteiger partial charge in [-0.1, -0.05) is 29.3 Å². The van der Waals surface area contributed by atoms with Crippen molar-refractivity contribution in [3.63, 3.8) is 0 Å². The highest BCUT2D eigenvalue weighted by atomic mass is 35.5. The molecule has 0 radical (unpaired) electrons. The molecule has 0 unspecified atom stereocenters. The fourth-order valence-electron chi connectivity index (χ4n) is 2.28. The highest BCUT2D eigenvalue weighted by Gasteiger charge is 2.15. The molecular formula is C18H20ClN3O3. The number of nitrogens with one attached hydrogen (secondary N) is 1. The van der Waals surface area contributed by atoms with Gasteiger partial charge in [0.1, 0.15) is 11.4 Å². The number of rotatable bonds is 6. The molecule has 1 heterocycles. The van der Waals surface area contributed by atoms with Gasteiger partial charge in [-0.25, -0.2) is 0 Å². The number of carbonyl (C=O) groups is 2. The monoisotopic (exact) mass is 361 g/mol. The van der Waals surface area contributed by atoms with Gasteiger partial charge in [-0.2, -0.15) is 0 Å². The van der Waals surface area contributed by atoms with Crippen molar-refractivity contribution in [2.24, 2.45) is 0 Å². The van der Waals surface area contributed by atoms with Gasteiger partial charge in [0.25, 0.3) is 5.91 Å². The molecule has 0 fully saturated rings. The van der Waals surface area contributed by atoms with Crippen molar-refractivity contribution in [1.29, 1.82) is 0 Å². The van der Waals surface area contributed by atoms with Crippen LogP contribution in [0.1, 0.15) is 21.6 Å². The molecule has 0 spiro atoms. The van der Waals surface area contributed by atoms with Crippen LogP contribution in [0.5, 0.6) is 5.75 Å². The van der Waals surface area contributed by atoms with E-state index in [-0.39, 0.29) is 18.1 Å². The number of nitrogens with zero attached hydrogens (tertiary/aromatic N) is 2. The summed E-state index contributed by atoms with van der Waals surface area (Å²) in [6, 6.07) is 8.81. The summed E-state index contributed by atoms with van der Waals surface area (Å²) in [7, 11) is 3.27. The molecule has 0 aliphatic heterocycles. The predicted octanol–water partition coefficient (Wildman–Crippen LogP) is 2.44. The van der Waals surface area contributed by atoms with Gasteiger partial charge in [-0.05, 0) is 25.1 Å². The molecule has 0 atom stereocenters. The van der Waals surface area contributed by atoms with Crippen molar-refractivity contribution in [2.45, 2.75) is 13.5 Å². The molecule has 1 N–H and O–H groups in total. The molecule has 1 aromatic heterocycles. The molecule has 6 nitrogen and oxygen atoms in total. The van der Waals surface area contributed by atoms with Gasteiger partial charge in [0.05, 0.1) is 13.7 Å². The van der Waals surface area contributed by atoms with E-state index in [1.807, 2.05) is 25.1 Å². The number of amides is 2. The van der Waals surface area contributed by atoms with Crippen LogP contribution in [-0.2, 0) is 11.3 Å². The minimum Gasteiger partial charge on any atom is -0.496 e. The van der Waals surface area contributed by atoms with Crippen LogP contribution in [0.3, 0.4) is 0 Å². The SMILES string of the molecule is COc1ccc(C)cc1CN(C)C(=O)CNC(=O)c1cc(Cl)ccn1. The van der Waals surface area contributed by atoms with E-state index in [1.165, 1.54) is 17.2 Å². The Bertz CT molecular complexity index is 780. The lowest BCUT2D eigenvalue weighted by Crippen LogP contribution is -2.38. The fourth-order valence-corrected chi connectivity index (χ4v) is 2.44. The molecule has 0 bridgehead atoms. The zero-order valence-electron chi connectivity index (χ0n) is 14.4. The summed E-state index contributed by atoms with van der Waals surface area (Å²) in [5.74, 6) is 0.0498. The summed E-state index contributed by atoms with van der Waals surface area (Å²) in [5.41, 5.74) is 2.15. The van der Waals surface area contributed by atoms with Crippen LogP contribution < -0.4 is 10.1 Å². The summed E-state index contributed by atoms with van der Waals surface area (Å²) in [6.07, 6.45) is 1.44. The number of carbonyl (C=O) groups excluding carboxylic acids is 2. The van der Waals surface area contributed by atoms with Crippen molar-refractivity contribution in [3.05, 3.63) is 58.4 Å². The molecule has 7 heteroatoms. The maximum Gasteiger partial charge on any atom is 0.270 e. The van der Waals surface area contributed by atoms with Gasteiger partial charge in [-0.3, -0.25) is 14.6 Å². The number of hydrogen-bond acceptors (Lipinski definition) is 4. The van der Waals surface area contributed by atoms with Crippen molar-refractivity contribution in [2.75, 3.05) is 20.7 Å². The Balaban J connectivity index is 1.94. The summed E-state index contributed by atoms with van der Waals surface area (Å²) < 4.78 is 5.32. The second-order valence-electron chi connectivity index (χ2n) is 5.61. The average molecular weight is 362 g/mol. The standard InChI is InChI=1S/C18H20ClN3O3/c1-12-4-5-16(25-3)13(8-12)11-22(2)17(23)10-21-18(24)15-9-14(19)6-7-20-15/h4-9H,10-11H2,1-3H3,(H,21,24). The van der Waals surface area contributed by atoms with E-state index >= 15 is 0 Å². The Hall–Kier alpha value is -2.60. The Morgan fingerprint density at radius 1 is 1.28 bits per heavy atom. The van der Waals surface area contributed by atoms with E-state index in [0.29, 0.717) is 11.6 Å². The number of aromatic nitrogens is 1. The van der Waals surface area contributed by atoms with Crippen LogP contribution in [0, 0.1) is 6.92 Å². The number of aryl methyl sites for hydroxylation is 1. The lowest BCUT2D eigenvalue weighted by atomic mass is 10.1. The smallest absolute Gasteiger partial charge is 0.270 e. The topological polar surface area (TPSA) is 71.5 Å². The van der Waals surface area contributed by atoms with Gasteiger partial charge in [0.2, 0.25) is 5.91 Å². The average Bonchev–Trinajstić information content (AvgIpc) is 2.59.